The number of aliphatic hydroxyl groups excluding tert-OH is 1. The molecule has 0 radical (unpaired) electrons. The van der Waals surface area contributed by atoms with Crippen LogP contribution in [0.15, 0.2) is 10.6 Å². The van der Waals surface area contributed by atoms with Gasteiger partial charge in [-0.3, -0.25) is 4.79 Å². The third-order valence-corrected chi connectivity index (χ3v) is 9.20. The number of aliphatic hydroxyl groups is 1. The molecule has 0 aromatic rings. The van der Waals surface area contributed by atoms with Crippen LogP contribution in [-0.4, -0.2) is 82.0 Å². The van der Waals surface area contributed by atoms with Crippen molar-refractivity contribution in [2.24, 2.45) is 23.2 Å². The third kappa shape index (κ3) is 3.70. The molecule has 4 rings (SSSR count). The Hall–Kier alpha value is -1.09. The smallest absolute Gasteiger partial charge is 0.353 e. The van der Waals surface area contributed by atoms with E-state index in [1.807, 2.05) is 6.92 Å². The van der Waals surface area contributed by atoms with Crippen molar-refractivity contribution < 1.29 is 19.8 Å². The first-order chi connectivity index (χ1) is 14.1. The van der Waals surface area contributed by atoms with Crippen LogP contribution in [0.1, 0.15) is 40.5 Å². The second kappa shape index (κ2) is 8.11. The van der Waals surface area contributed by atoms with E-state index in [1.165, 1.54) is 11.3 Å². The predicted octanol–water partition coefficient (Wildman–Crippen LogP) is 1.58. The van der Waals surface area contributed by atoms with Gasteiger partial charge in [0.1, 0.15) is 5.70 Å². The first-order valence-corrected chi connectivity index (χ1v) is 12.1. The van der Waals surface area contributed by atoms with Crippen molar-refractivity contribution in [2.75, 3.05) is 32.7 Å². The summed E-state index contributed by atoms with van der Waals surface area (Å²) < 4.78 is 0. The van der Waals surface area contributed by atoms with Gasteiger partial charge in [0.05, 0.1) is 18.1 Å². The first kappa shape index (κ1) is 22.1. The number of rotatable bonds is 6. The van der Waals surface area contributed by atoms with E-state index in [9.17, 15) is 19.8 Å². The Morgan fingerprint density at radius 1 is 1.37 bits per heavy atom. The summed E-state index contributed by atoms with van der Waals surface area (Å²) in [6, 6.07) is -0.223. The number of hydrogen-bond acceptors (Lipinski definition) is 6. The summed E-state index contributed by atoms with van der Waals surface area (Å²) >= 11 is 1.66. The minimum Gasteiger partial charge on any atom is -0.477 e. The summed E-state index contributed by atoms with van der Waals surface area (Å²) in [5.41, 5.74) is 0.447. The van der Waals surface area contributed by atoms with Gasteiger partial charge in [-0.15, -0.1) is 11.8 Å². The van der Waals surface area contributed by atoms with Crippen LogP contribution in [-0.2, 0) is 9.59 Å². The molecule has 4 aliphatic heterocycles. The first-order valence-electron chi connectivity index (χ1n) is 11.2. The maximum atomic E-state index is 12.5. The van der Waals surface area contributed by atoms with Crippen molar-refractivity contribution in [2.45, 2.75) is 57.9 Å². The Kier molecular flexibility index (Phi) is 5.98. The highest BCUT2D eigenvalue weighted by Crippen LogP contribution is 2.52. The van der Waals surface area contributed by atoms with Crippen LogP contribution in [0.3, 0.4) is 0 Å². The number of carbonyl (C=O) groups excluding carboxylic acids is 1. The highest BCUT2D eigenvalue weighted by molar-refractivity contribution is 8.03. The molecular formula is C22H35N3O4S. The van der Waals surface area contributed by atoms with Crippen molar-refractivity contribution in [3.05, 3.63) is 10.6 Å². The number of carbonyl (C=O) groups is 2. The number of fused-ring (bicyclic) bond motifs is 1. The van der Waals surface area contributed by atoms with Crippen molar-refractivity contribution in [1.82, 2.24) is 15.1 Å². The lowest BCUT2D eigenvalue weighted by atomic mass is 9.74. The third-order valence-electron chi connectivity index (χ3n) is 7.67. The number of hydrogen-bond donors (Lipinski definition) is 3. The van der Waals surface area contributed by atoms with Crippen LogP contribution in [0.2, 0.25) is 0 Å². The number of likely N-dealkylation sites (tertiary alicyclic amines) is 1. The minimum atomic E-state index is -1.03. The fourth-order valence-electron chi connectivity index (χ4n) is 5.79. The minimum absolute atomic E-state index is 0.0456. The van der Waals surface area contributed by atoms with E-state index in [4.69, 9.17) is 0 Å². The van der Waals surface area contributed by atoms with Gasteiger partial charge < -0.3 is 25.3 Å². The van der Waals surface area contributed by atoms with Gasteiger partial charge in [0.25, 0.3) is 0 Å². The Morgan fingerprint density at radius 3 is 2.73 bits per heavy atom. The summed E-state index contributed by atoms with van der Waals surface area (Å²) in [5, 5.41) is 23.7. The average Bonchev–Trinajstić information content (AvgIpc) is 3.18. The summed E-state index contributed by atoms with van der Waals surface area (Å²) in [7, 11) is 0. The van der Waals surface area contributed by atoms with Crippen LogP contribution in [0.4, 0.5) is 0 Å². The lowest BCUT2D eigenvalue weighted by Crippen LogP contribution is -2.63. The van der Waals surface area contributed by atoms with E-state index >= 15 is 0 Å². The molecule has 1 amide bonds. The van der Waals surface area contributed by atoms with E-state index in [0.717, 1.165) is 44.0 Å². The summed E-state index contributed by atoms with van der Waals surface area (Å²) in [5.74, 6) is -1.15. The number of nitrogens with one attached hydrogen (secondary N) is 1. The quantitative estimate of drug-likeness (QED) is 0.543. The summed E-state index contributed by atoms with van der Waals surface area (Å²) in [4.78, 5) is 29.3. The van der Waals surface area contributed by atoms with Crippen molar-refractivity contribution in [3.8, 4) is 0 Å². The number of carboxylic acid groups (broad SMARTS) is 1. The SMILES string of the molecule is C[C@@H](O)[C@H]1C(=O)N2C(C(=O)O)=C(S[C@@H]3CCN(CC4CCNCC4(C)C)C3)[C@H](C)[C@H]12. The average molecular weight is 438 g/mol. The van der Waals surface area contributed by atoms with Crippen LogP contribution in [0, 0.1) is 23.2 Å². The topological polar surface area (TPSA) is 93.1 Å². The van der Waals surface area contributed by atoms with Gasteiger partial charge >= 0.3 is 5.97 Å². The maximum absolute atomic E-state index is 12.5. The number of amides is 1. The summed E-state index contributed by atoms with van der Waals surface area (Å²) in [6.45, 7) is 13.6. The zero-order chi connectivity index (χ0) is 21.8. The largest absolute Gasteiger partial charge is 0.477 e. The molecule has 0 bridgehead atoms. The van der Waals surface area contributed by atoms with E-state index < -0.39 is 18.0 Å². The second-order valence-electron chi connectivity index (χ2n) is 10.2. The highest BCUT2D eigenvalue weighted by Gasteiger charge is 2.60. The molecule has 7 nitrogen and oxygen atoms in total. The molecule has 0 saturated carbocycles. The molecule has 3 saturated heterocycles. The molecule has 168 valence electrons. The highest BCUT2D eigenvalue weighted by atomic mass is 32.2. The molecule has 30 heavy (non-hydrogen) atoms. The van der Waals surface area contributed by atoms with Gasteiger partial charge in [-0.2, -0.15) is 0 Å². The monoisotopic (exact) mass is 437 g/mol. The number of piperidine rings is 1. The van der Waals surface area contributed by atoms with Crippen molar-refractivity contribution in [3.63, 3.8) is 0 Å². The molecule has 0 aromatic heterocycles. The zero-order valence-electron chi connectivity index (χ0n) is 18.4. The molecular weight excluding hydrogens is 402 g/mol. The van der Waals surface area contributed by atoms with Gasteiger partial charge in [-0.1, -0.05) is 20.8 Å². The van der Waals surface area contributed by atoms with Crippen molar-refractivity contribution in [1.29, 1.82) is 0 Å². The lowest BCUT2D eigenvalue weighted by molar-refractivity contribution is -0.163. The van der Waals surface area contributed by atoms with Gasteiger partial charge in [0.2, 0.25) is 5.91 Å². The second-order valence-corrected chi connectivity index (χ2v) is 11.6. The van der Waals surface area contributed by atoms with Gasteiger partial charge in [-0.25, -0.2) is 4.79 Å². The molecule has 3 N–H and O–H groups in total. The van der Waals surface area contributed by atoms with Gasteiger partial charge in [-0.05, 0) is 44.2 Å². The van der Waals surface area contributed by atoms with Gasteiger partial charge in [0, 0.05) is 35.7 Å². The normalized spacial score (nSPS) is 37.3. The van der Waals surface area contributed by atoms with Gasteiger partial charge in [0.15, 0.2) is 0 Å². The number of nitrogens with zero attached hydrogens (tertiary/aromatic N) is 2. The predicted molar refractivity (Wildman–Crippen MR) is 117 cm³/mol. The van der Waals surface area contributed by atoms with E-state index in [2.05, 4.69) is 24.1 Å². The molecule has 1 unspecified atom stereocenters. The Balaban J connectivity index is 1.43. The number of aliphatic carboxylic acids is 1. The Bertz CT molecular complexity index is 753. The zero-order valence-corrected chi connectivity index (χ0v) is 19.2. The summed E-state index contributed by atoms with van der Waals surface area (Å²) in [6.07, 6.45) is 1.49. The molecule has 4 aliphatic rings. The van der Waals surface area contributed by atoms with Crippen LogP contribution in [0.5, 0.6) is 0 Å². The molecule has 6 atom stereocenters. The molecule has 0 aliphatic carbocycles. The molecule has 4 heterocycles. The maximum Gasteiger partial charge on any atom is 0.353 e. The Labute approximate surface area is 183 Å². The number of β-lactam (4-membered cyclic amide) rings is 1. The lowest BCUT2D eigenvalue weighted by Gasteiger charge is -2.46. The van der Waals surface area contributed by atoms with Crippen LogP contribution >= 0.6 is 11.8 Å². The number of carboxylic acids is 1. The van der Waals surface area contributed by atoms with Crippen LogP contribution in [0.25, 0.3) is 0 Å². The van der Waals surface area contributed by atoms with E-state index in [1.54, 1.807) is 18.7 Å². The van der Waals surface area contributed by atoms with E-state index in [0.29, 0.717) is 16.6 Å². The molecule has 3 fully saturated rings. The fourth-order valence-corrected chi connectivity index (χ4v) is 7.31. The molecule has 0 aromatic carbocycles. The van der Waals surface area contributed by atoms with Crippen LogP contribution < -0.4 is 5.32 Å². The molecule has 8 heteroatoms. The fraction of sp³-hybridized carbons (Fsp3) is 0.818. The Morgan fingerprint density at radius 2 is 2.10 bits per heavy atom. The molecule has 0 spiro atoms. The number of thioether (sulfide) groups is 1. The van der Waals surface area contributed by atoms with E-state index in [-0.39, 0.29) is 23.6 Å². The standard InChI is InChI=1S/C22H35N3O4S/c1-12-17-16(13(2)26)20(27)25(17)18(21(28)29)19(12)30-15-6-8-24(10-15)9-14-5-7-23-11-22(14,3)4/h12-17,23,26H,5-11H2,1-4H3,(H,28,29)/t12-,13-,14?,15-,16-,17-/m1/s1. The van der Waals surface area contributed by atoms with Crippen molar-refractivity contribution >= 4 is 23.6 Å².